The quantitative estimate of drug-likeness (QED) is 0.172. The van der Waals surface area contributed by atoms with E-state index in [0.29, 0.717) is 33.4 Å². The molecule has 0 aliphatic heterocycles. The lowest BCUT2D eigenvalue weighted by Gasteiger charge is -2.10. The molecule has 0 aliphatic carbocycles. The molecular weight excluding hydrogens is 428 g/mol. The van der Waals surface area contributed by atoms with Crippen LogP contribution in [0.2, 0.25) is 0 Å². The second kappa shape index (κ2) is 8.40. The van der Waals surface area contributed by atoms with Crippen molar-refractivity contribution in [3.63, 3.8) is 0 Å². The van der Waals surface area contributed by atoms with Crippen molar-refractivity contribution >= 4 is 50.6 Å². The van der Waals surface area contributed by atoms with Gasteiger partial charge in [0.25, 0.3) is 5.56 Å². The topological polar surface area (TPSA) is 74.3 Å². The Morgan fingerprint density at radius 1 is 1.38 bits per heavy atom. The molecule has 0 fully saturated rings. The number of thiophene rings is 2. The molecule has 4 aromatic rings. The minimum Gasteiger partial charge on any atom is -0.463 e. The summed E-state index contributed by atoms with van der Waals surface area (Å²) < 4.78 is 11.8. The van der Waals surface area contributed by atoms with Crippen LogP contribution in [0.3, 0.4) is 0 Å². The van der Waals surface area contributed by atoms with E-state index in [2.05, 4.69) is 11.3 Å². The second-order valence-corrected chi connectivity index (χ2v) is 8.70. The minimum atomic E-state index is -0.524. The summed E-state index contributed by atoms with van der Waals surface area (Å²) in [7, 11) is 1.30. The van der Waals surface area contributed by atoms with Gasteiger partial charge in [-0.2, -0.15) is 0 Å². The molecule has 0 N–H and O–H groups in total. The van der Waals surface area contributed by atoms with Gasteiger partial charge in [0, 0.05) is 22.4 Å². The van der Waals surface area contributed by atoms with Crippen LogP contribution in [0.4, 0.5) is 0 Å². The lowest BCUT2D eigenvalue weighted by atomic mass is 10.2. The monoisotopic (exact) mass is 444 g/mol. The van der Waals surface area contributed by atoms with Gasteiger partial charge < -0.3 is 9.15 Å². The number of furan rings is 1. The van der Waals surface area contributed by atoms with Gasteiger partial charge >= 0.3 is 5.97 Å². The van der Waals surface area contributed by atoms with E-state index in [1.54, 1.807) is 34.1 Å². The third kappa shape index (κ3) is 3.81. The van der Waals surface area contributed by atoms with Crippen LogP contribution >= 0.6 is 34.4 Å². The second-order valence-electron chi connectivity index (χ2n) is 5.95. The zero-order chi connectivity index (χ0) is 20.4. The highest BCUT2D eigenvalue weighted by Gasteiger charge is 2.18. The van der Waals surface area contributed by atoms with Crippen molar-refractivity contribution in [2.75, 3.05) is 7.11 Å². The van der Waals surface area contributed by atoms with E-state index >= 15 is 0 Å². The van der Waals surface area contributed by atoms with Crippen LogP contribution in [0, 0.1) is 0 Å². The number of allylic oxidation sites excluding steroid dienone is 1. The van der Waals surface area contributed by atoms with E-state index in [1.165, 1.54) is 30.2 Å². The third-order valence-electron chi connectivity index (χ3n) is 4.15. The van der Waals surface area contributed by atoms with E-state index in [0.717, 1.165) is 10.4 Å². The number of carbonyl (C=O) groups is 1. The van der Waals surface area contributed by atoms with Crippen LogP contribution in [-0.4, -0.2) is 22.6 Å². The zero-order valence-corrected chi connectivity index (χ0v) is 17.9. The molecule has 0 radical (unpaired) electrons. The Hall–Kier alpha value is -2.62. The van der Waals surface area contributed by atoms with Crippen LogP contribution < -0.4 is 5.56 Å². The fraction of sp³-hybridized carbons (Fsp3) is 0.150. The lowest BCUT2D eigenvalue weighted by molar-refractivity contribution is 0.0563. The summed E-state index contributed by atoms with van der Waals surface area (Å²) in [5.74, 6) is 0.646. The van der Waals surface area contributed by atoms with Gasteiger partial charge in [-0.05, 0) is 23.6 Å². The van der Waals surface area contributed by atoms with Crippen molar-refractivity contribution in [3.05, 3.63) is 69.6 Å². The number of thioether (sulfide) groups is 1. The Morgan fingerprint density at radius 2 is 2.24 bits per heavy atom. The summed E-state index contributed by atoms with van der Waals surface area (Å²) in [6.07, 6.45) is 1.68. The number of fused-ring (bicyclic) bond motifs is 1. The van der Waals surface area contributed by atoms with Crippen LogP contribution in [0.15, 0.2) is 62.0 Å². The molecule has 6 nitrogen and oxygen atoms in total. The molecule has 9 heteroatoms. The van der Waals surface area contributed by atoms with Crippen molar-refractivity contribution in [2.24, 2.45) is 0 Å². The molecule has 0 saturated heterocycles. The van der Waals surface area contributed by atoms with Gasteiger partial charge in [0.2, 0.25) is 5.76 Å². The number of rotatable bonds is 7. The van der Waals surface area contributed by atoms with Gasteiger partial charge in [-0.15, -0.1) is 29.3 Å². The molecule has 0 aromatic carbocycles. The van der Waals surface area contributed by atoms with Gasteiger partial charge in [-0.3, -0.25) is 9.36 Å². The molecule has 0 saturated carbocycles. The number of methoxy groups -OCH3 is 1. The van der Waals surface area contributed by atoms with Crippen molar-refractivity contribution in [1.29, 1.82) is 0 Å². The molecule has 0 bridgehead atoms. The number of aromatic nitrogens is 2. The van der Waals surface area contributed by atoms with E-state index in [-0.39, 0.29) is 11.3 Å². The molecule has 0 atom stereocenters. The van der Waals surface area contributed by atoms with Gasteiger partial charge in [0.15, 0.2) is 5.16 Å². The summed E-state index contributed by atoms with van der Waals surface area (Å²) in [5, 5.41) is 5.19. The Labute approximate surface area is 178 Å². The third-order valence-corrected chi connectivity index (χ3v) is 6.92. The van der Waals surface area contributed by atoms with E-state index in [9.17, 15) is 9.59 Å². The summed E-state index contributed by atoms with van der Waals surface area (Å²) in [5.41, 5.74) is 0.831. The van der Waals surface area contributed by atoms with Crippen LogP contribution in [-0.2, 0) is 17.0 Å². The molecule has 4 heterocycles. The molecule has 4 rings (SSSR count). The van der Waals surface area contributed by atoms with Crippen molar-refractivity contribution in [3.8, 4) is 10.4 Å². The van der Waals surface area contributed by atoms with Crippen LogP contribution in [0.5, 0.6) is 0 Å². The van der Waals surface area contributed by atoms with Crippen molar-refractivity contribution in [1.82, 2.24) is 9.55 Å². The largest absolute Gasteiger partial charge is 0.463 e. The molecule has 148 valence electrons. The fourth-order valence-electron chi connectivity index (χ4n) is 2.82. The highest BCUT2D eigenvalue weighted by atomic mass is 32.2. The SMILES string of the molecule is C=CCn1c(SCc2ccc(C(=O)OC)o2)nc2scc(-c3cccs3)c2c1=O. The number of hydrogen-bond donors (Lipinski definition) is 0. The van der Waals surface area contributed by atoms with Crippen molar-refractivity contribution < 1.29 is 13.9 Å². The highest BCUT2D eigenvalue weighted by molar-refractivity contribution is 7.98. The summed E-state index contributed by atoms with van der Waals surface area (Å²) in [6.45, 7) is 4.12. The van der Waals surface area contributed by atoms with E-state index in [4.69, 9.17) is 9.40 Å². The van der Waals surface area contributed by atoms with Gasteiger partial charge in [-0.25, -0.2) is 9.78 Å². The summed E-state index contributed by atoms with van der Waals surface area (Å²) in [6, 6.07) is 7.26. The smallest absolute Gasteiger partial charge is 0.373 e. The number of ether oxygens (including phenoxy) is 1. The first-order chi connectivity index (χ1) is 14.1. The molecule has 0 aliphatic rings. The van der Waals surface area contributed by atoms with Crippen LogP contribution in [0.1, 0.15) is 16.3 Å². The Kier molecular flexibility index (Phi) is 5.70. The number of hydrogen-bond acceptors (Lipinski definition) is 8. The minimum absolute atomic E-state index is 0.0863. The van der Waals surface area contributed by atoms with Gasteiger partial charge in [-0.1, -0.05) is 23.9 Å². The average molecular weight is 445 g/mol. The highest BCUT2D eigenvalue weighted by Crippen LogP contribution is 2.35. The van der Waals surface area contributed by atoms with Gasteiger partial charge in [0.1, 0.15) is 10.6 Å². The summed E-state index contributed by atoms with van der Waals surface area (Å²) in [4.78, 5) is 31.3. The molecular formula is C20H16N2O4S3. The molecule has 0 spiro atoms. The molecule has 0 amide bonds. The normalized spacial score (nSPS) is 11.1. The zero-order valence-electron chi connectivity index (χ0n) is 15.4. The Balaban J connectivity index is 1.70. The average Bonchev–Trinajstić information content (AvgIpc) is 3.48. The maximum absolute atomic E-state index is 13.2. The first-order valence-corrected chi connectivity index (χ1v) is 11.3. The summed E-state index contributed by atoms with van der Waals surface area (Å²) >= 11 is 4.43. The maximum Gasteiger partial charge on any atom is 0.373 e. The number of carbonyl (C=O) groups excluding carboxylic acids is 1. The number of esters is 1. The first-order valence-electron chi connectivity index (χ1n) is 8.59. The Bertz CT molecular complexity index is 1230. The lowest BCUT2D eigenvalue weighted by Crippen LogP contribution is -2.22. The van der Waals surface area contributed by atoms with E-state index in [1.807, 2.05) is 22.9 Å². The predicted molar refractivity (Wildman–Crippen MR) is 117 cm³/mol. The molecule has 29 heavy (non-hydrogen) atoms. The number of nitrogens with zero attached hydrogens (tertiary/aromatic N) is 2. The molecule has 4 aromatic heterocycles. The fourth-order valence-corrected chi connectivity index (χ4v) is 5.53. The van der Waals surface area contributed by atoms with Gasteiger partial charge in [0.05, 0.1) is 18.2 Å². The maximum atomic E-state index is 13.2. The predicted octanol–water partition coefficient (Wildman–Crippen LogP) is 5.04. The van der Waals surface area contributed by atoms with E-state index < -0.39 is 5.97 Å². The Morgan fingerprint density at radius 3 is 2.97 bits per heavy atom. The first kappa shape index (κ1) is 19.7. The molecule has 0 unspecified atom stereocenters. The van der Waals surface area contributed by atoms with Crippen LogP contribution in [0.25, 0.3) is 20.7 Å². The van der Waals surface area contributed by atoms with Crippen molar-refractivity contribution in [2.45, 2.75) is 17.5 Å². The standard InChI is InChI=1S/C20H16N2O4S3/c1-3-8-22-18(23)16-13(15-5-4-9-27-15)11-28-17(16)21-20(22)29-10-12-6-7-14(26-12)19(24)25-2/h3-7,9,11H,1,8,10H2,2H3.